The van der Waals surface area contributed by atoms with E-state index in [2.05, 4.69) is 4.98 Å². The predicted octanol–water partition coefficient (Wildman–Crippen LogP) is 2.62. The molecule has 0 saturated carbocycles. The molecule has 108 valence electrons. The van der Waals surface area contributed by atoms with E-state index in [-0.39, 0.29) is 5.69 Å². The number of carbonyl (C=O) groups excluding carboxylic acids is 1. The van der Waals surface area contributed by atoms with Crippen molar-refractivity contribution in [1.82, 2.24) is 4.98 Å². The van der Waals surface area contributed by atoms with Crippen molar-refractivity contribution < 1.29 is 19.8 Å². The van der Waals surface area contributed by atoms with Crippen molar-refractivity contribution in [3.05, 3.63) is 70.7 Å². The molecule has 1 aromatic heterocycles. The zero-order valence-corrected chi connectivity index (χ0v) is 11.5. The van der Waals surface area contributed by atoms with Crippen LogP contribution in [-0.2, 0) is 11.2 Å². The number of rotatable bonds is 5. The number of benzene rings is 1. The van der Waals surface area contributed by atoms with Crippen LogP contribution in [0.4, 0.5) is 0 Å². The van der Waals surface area contributed by atoms with Crippen LogP contribution in [-0.4, -0.2) is 26.9 Å². The summed E-state index contributed by atoms with van der Waals surface area (Å²) in [5.41, 5.74) is 3.22. The fraction of sp³-hybridized carbons (Fsp3) is 0.125. The summed E-state index contributed by atoms with van der Waals surface area (Å²) in [5.74, 6) is -3.08. The average Bonchev–Trinajstić information content (AvgIpc) is 2.89. The summed E-state index contributed by atoms with van der Waals surface area (Å²) in [7, 11) is 0. The molecule has 0 unspecified atom stereocenters. The monoisotopic (exact) mass is 285 g/mol. The number of aromatic nitrogens is 1. The summed E-state index contributed by atoms with van der Waals surface area (Å²) in [6.45, 7) is 1.99. The van der Waals surface area contributed by atoms with E-state index in [4.69, 9.17) is 10.2 Å². The summed E-state index contributed by atoms with van der Waals surface area (Å²) in [5, 5.41) is 17.7. The highest BCUT2D eigenvalue weighted by Crippen LogP contribution is 2.15. The molecule has 5 heteroatoms. The van der Waals surface area contributed by atoms with Crippen molar-refractivity contribution in [3.63, 3.8) is 0 Å². The Hall–Kier alpha value is -2.82. The van der Waals surface area contributed by atoms with Gasteiger partial charge in [-0.2, -0.15) is 0 Å². The number of H-pyrrole nitrogens is 1. The summed E-state index contributed by atoms with van der Waals surface area (Å²) < 4.78 is 0. The summed E-state index contributed by atoms with van der Waals surface area (Å²) >= 11 is 0. The zero-order valence-electron chi connectivity index (χ0n) is 11.5. The van der Waals surface area contributed by atoms with E-state index in [0.717, 1.165) is 16.7 Å². The Morgan fingerprint density at radius 2 is 1.81 bits per heavy atom. The van der Waals surface area contributed by atoms with Gasteiger partial charge in [-0.05, 0) is 30.5 Å². The molecule has 5 nitrogen and oxygen atoms in total. The number of allylic oxidation sites excluding steroid dienone is 1. The maximum absolute atomic E-state index is 12.0. The molecule has 0 saturated heterocycles. The first-order chi connectivity index (χ1) is 9.97. The van der Waals surface area contributed by atoms with E-state index in [1.807, 2.05) is 31.2 Å². The van der Waals surface area contributed by atoms with Crippen molar-refractivity contribution in [2.45, 2.75) is 13.3 Å². The molecule has 2 rings (SSSR count). The van der Waals surface area contributed by atoms with E-state index in [1.54, 1.807) is 12.3 Å². The van der Waals surface area contributed by atoms with Crippen LogP contribution in [0.15, 0.2) is 48.4 Å². The number of carboxylic acids is 1. The number of aromatic amines is 1. The Morgan fingerprint density at radius 1 is 1.14 bits per heavy atom. The fourth-order valence-corrected chi connectivity index (χ4v) is 1.96. The molecule has 0 aliphatic heterocycles. The minimum absolute atomic E-state index is 0.281. The molecular weight excluding hydrogens is 270 g/mol. The molecule has 0 radical (unpaired) electrons. The van der Waals surface area contributed by atoms with Crippen LogP contribution in [0.5, 0.6) is 0 Å². The molecule has 0 aliphatic rings. The number of nitrogens with one attached hydrogen (secondary N) is 1. The second kappa shape index (κ2) is 6.09. The van der Waals surface area contributed by atoms with Gasteiger partial charge in [0.15, 0.2) is 0 Å². The van der Waals surface area contributed by atoms with Gasteiger partial charge in [-0.1, -0.05) is 29.8 Å². The van der Waals surface area contributed by atoms with Crippen molar-refractivity contribution >= 4 is 11.8 Å². The van der Waals surface area contributed by atoms with Crippen LogP contribution < -0.4 is 0 Å². The third kappa shape index (κ3) is 3.60. The van der Waals surface area contributed by atoms with Crippen LogP contribution in [0.1, 0.15) is 27.2 Å². The Morgan fingerprint density at radius 3 is 2.43 bits per heavy atom. The van der Waals surface area contributed by atoms with E-state index in [9.17, 15) is 9.59 Å². The minimum atomic E-state index is -1.53. The standard InChI is InChI=1S/C16H15NO4/c1-10-2-4-11(5-3-10)8-12-6-7-17-15(12)13(18)9-14(19)16(20)21/h2-7,9,17,19H,8H2,1H3,(H,20,21). The topological polar surface area (TPSA) is 90.4 Å². The van der Waals surface area contributed by atoms with Crippen LogP contribution in [0, 0.1) is 6.92 Å². The maximum Gasteiger partial charge on any atom is 0.371 e. The van der Waals surface area contributed by atoms with Gasteiger partial charge in [0.2, 0.25) is 11.5 Å². The molecule has 2 aromatic rings. The molecule has 0 aliphatic carbocycles. The predicted molar refractivity (Wildman–Crippen MR) is 77.5 cm³/mol. The van der Waals surface area contributed by atoms with E-state index < -0.39 is 17.5 Å². The lowest BCUT2D eigenvalue weighted by molar-refractivity contribution is -0.135. The second-order valence-corrected chi connectivity index (χ2v) is 4.74. The molecule has 21 heavy (non-hydrogen) atoms. The molecule has 0 bridgehead atoms. The van der Waals surface area contributed by atoms with Gasteiger partial charge < -0.3 is 15.2 Å². The first-order valence-electron chi connectivity index (χ1n) is 6.37. The highest BCUT2D eigenvalue weighted by Gasteiger charge is 2.14. The third-order valence-electron chi connectivity index (χ3n) is 3.08. The van der Waals surface area contributed by atoms with E-state index in [1.165, 1.54) is 0 Å². The van der Waals surface area contributed by atoms with Crippen molar-refractivity contribution in [2.75, 3.05) is 0 Å². The van der Waals surface area contributed by atoms with Gasteiger partial charge in [0.25, 0.3) is 0 Å². The van der Waals surface area contributed by atoms with Gasteiger partial charge in [0, 0.05) is 12.3 Å². The van der Waals surface area contributed by atoms with Gasteiger partial charge in [-0.25, -0.2) is 4.79 Å². The number of aliphatic hydroxyl groups is 1. The maximum atomic E-state index is 12.0. The largest absolute Gasteiger partial charge is 0.502 e. The van der Waals surface area contributed by atoms with Crippen molar-refractivity contribution in [1.29, 1.82) is 0 Å². The average molecular weight is 285 g/mol. The third-order valence-corrected chi connectivity index (χ3v) is 3.08. The number of aliphatic carboxylic acids is 1. The Bertz CT molecular complexity index is 695. The highest BCUT2D eigenvalue weighted by atomic mass is 16.4. The number of aliphatic hydroxyl groups excluding tert-OH is 1. The lowest BCUT2D eigenvalue weighted by atomic mass is 10.0. The molecule has 0 fully saturated rings. The van der Waals surface area contributed by atoms with Gasteiger partial charge in [0.05, 0.1) is 5.69 Å². The van der Waals surface area contributed by atoms with Crippen molar-refractivity contribution in [2.24, 2.45) is 0 Å². The van der Waals surface area contributed by atoms with Crippen LogP contribution >= 0.6 is 0 Å². The number of carbonyl (C=O) groups is 2. The lowest BCUT2D eigenvalue weighted by Crippen LogP contribution is -2.06. The Kier molecular flexibility index (Phi) is 4.23. The van der Waals surface area contributed by atoms with Crippen LogP contribution in [0.2, 0.25) is 0 Å². The number of ketones is 1. The second-order valence-electron chi connectivity index (χ2n) is 4.74. The highest BCUT2D eigenvalue weighted by molar-refractivity contribution is 6.07. The normalized spacial score (nSPS) is 11.4. The van der Waals surface area contributed by atoms with Gasteiger partial charge in [-0.15, -0.1) is 0 Å². The smallest absolute Gasteiger partial charge is 0.371 e. The van der Waals surface area contributed by atoms with E-state index in [0.29, 0.717) is 12.5 Å². The fourth-order valence-electron chi connectivity index (χ4n) is 1.96. The minimum Gasteiger partial charge on any atom is -0.502 e. The Balaban J connectivity index is 2.22. The van der Waals surface area contributed by atoms with Crippen LogP contribution in [0.25, 0.3) is 0 Å². The SMILES string of the molecule is Cc1ccc(Cc2cc[nH]c2C(=O)C=C(O)C(=O)O)cc1. The first-order valence-corrected chi connectivity index (χ1v) is 6.37. The Labute approximate surface area is 121 Å². The van der Waals surface area contributed by atoms with E-state index >= 15 is 0 Å². The number of hydrogen-bond donors (Lipinski definition) is 3. The van der Waals surface area contributed by atoms with Gasteiger partial charge in [-0.3, -0.25) is 4.79 Å². The van der Waals surface area contributed by atoms with Crippen LogP contribution in [0.3, 0.4) is 0 Å². The number of carboxylic acid groups (broad SMARTS) is 1. The zero-order chi connectivity index (χ0) is 15.4. The molecule has 1 aromatic carbocycles. The molecule has 3 N–H and O–H groups in total. The molecular formula is C16H15NO4. The van der Waals surface area contributed by atoms with Gasteiger partial charge in [0.1, 0.15) is 0 Å². The number of hydrogen-bond acceptors (Lipinski definition) is 3. The summed E-state index contributed by atoms with van der Waals surface area (Å²) in [4.78, 5) is 25.3. The molecule has 0 atom stereocenters. The lowest BCUT2D eigenvalue weighted by Gasteiger charge is -2.03. The van der Waals surface area contributed by atoms with Crippen molar-refractivity contribution in [3.8, 4) is 0 Å². The molecule has 1 heterocycles. The molecule has 0 amide bonds. The number of aryl methyl sites for hydroxylation is 1. The molecule has 0 spiro atoms. The first kappa shape index (κ1) is 14.6. The summed E-state index contributed by atoms with van der Waals surface area (Å²) in [6.07, 6.45) is 2.86. The quantitative estimate of drug-likeness (QED) is 0.447. The van der Waals surface area contributed by atoms with Gasteiger partial charge >= 0.3 is 5.97 Å². The summed E-state index contributed by atoms with van der Waals surface area (Å²) in [6, 6.07) is 9.68.